The van der Waals surface area contributed by atoms with Crippen LogP contribution >= 0.6 is 23.2 Å². The molecule has 0 saturated heterocycles. The molecule has 32 heavy (non-hydrogen) atoms. The minimum absolute atomic E-state index is 0.0352. The quantitative estimate of drug-likeness (QED) is 0.512. The van der Waals surface area contributed by atoms with Crippen LogP contribution in [0.2, 0.25) is 10.0 Å². The predicted molar refractivity (Wildman–Crippen MR) is 125 cm³/mol. The molecule has 9 heteroatoms. The van der Waals surface area contributed by atoms with Gasteiger partial charge in [0.05, 0.1) is 23.4 Å². The molecule has 164 valence electrons. The Bertz CT molecular complexity index is 1260. The summed E-state index contributed by atoms with van der Waals surface area (Å²) in [6.07, 6.45) is 0. The lowest BCUT2D eigenvalue weighted by Gasteiger charge is -2.17. The summed E-state index contributed by atoms with van der Waals surface area (Å²) in [7, 11) is -2.54. The van der Waals surface area contributed by atoms with Crippen LogP contribution in [0.15, 0.2) is 77.7 Å². The van der Waals surface area contributed by atoms with Crippen molar-refractivity contribution in [3.8, 4) is 6.07 Å². The van der Waals surface area contributed by atoms with Crippen molar-refractivity contribution in [1.29, 1.82) is 5.26 Å². The van der Waals surface area contributed by atoms with Crippen molar-refractivity contribution >= 4 is 44.8 Å². The van der Waals surface area contributed by atoms with Crippen LogP contribution in [-0.4, -0.2) is 32.2 Å². The highest BCUT2D eigenvalue weighted by Gasteiger charge is 2.23. The van der Waals surface area contributed by atoms with Gasteiger partial charge in [0.25, 0.3) is 0 Å². The van der Waals surface area contributed by atoms with E-state index >= 15 is 0 Å². The van der Waals surface area contributed by atoms with Crippen LogP contribution in [0.5, 0.6) is 0 Å². The Kier molecular flexibility index (Phi) is 7.54. The van der Waals surface area contributed by atoms with Crippen LogP contribution < -0.4 is 5.32 Å². The Morgan fingerprint density at radius 3 is 2.31 bits per heavy atom. The molecule has 1 amide bonds. The van der Waals surface area contributed by atoms with Crippen molar-refractivity contribution in [2.24, 2.45) is 0 Å². The summed E-state index contributed by atoms with van der Waals surface area (Å²) < 4.78 is 26.2. The van der Waals surface area contributed by atoms with E-state index in [1.54, 1.807) is 12.1 Å². The van der Waals surface area contributed by atoms with Gasteiger partial charge in [-0.05, 0) is 47.5 Å². The van der Waals surface area contributed by atoms with Crippen LogP contribution in [0, 0.1) is 11.3 Å². The molecule has 3 rings (SSSR count). The maximum Gasteiger partial charge on any atom is 0.243 e. The number of carbonyl (C=O) groups excluding carboxylic acids is 1. The number of hydrogen-bond donors (Lipinski definition) is 1. The number of hydrogen-bond acceptors (Lipinski definition) is 4. The van der Waals surface area contributed by atoms with E-state index in [1.807, 2.05) is 30.3 Å². The fraction of sp³-hybridized carbons (Fsp3) is 0.130. The maximum absolute atomic E-state index is 12.6. The summed E-state index contributed by atoms with van der Waals surface area (Å²) in [6, 6.07) is 22.0. The first-order chi connectivity index (χ1) is 15.2. The van der Waals surface area contributed by atoms with E-state index in [0.717, 1.165) is 9.87 Å². The van der Waals surface area contributed by atoms with Gasteiger partial charge in [0.15, 0.2) is 0 Å². The van der Waals surface area contributed by atoms with Crippen LogP contribution in [0.25, 0.3) is 0 Å². The van der Waals surface area contributed by atoms with Gasteiger partial charge in [0.2, 0.25) is 15.9 Å². The van der Waals surface area contributed by atoms with E-state index in [4.69, 9.17) is 23.2 Å². The molecule has 1 atom stereocenters. The fourth-order valence-electron chi connectivity index (χ4n) is 3.08. The molecule has 0 aromatic heterocycles. The number of halogens is 2. The number of nitrogens with one attached hydrogen (secondary N) is 1. The van der Waals surface area contributed by atoms with Crippen molar-refractivity contribution < 1.29 is 13.2 Å². The molecular formula is C23H19Cl2N3O3S. The zero-order valence-electron chi connectivity index (χ0n) is 17.0. The second-order valence-electron chi connectivity index (χ2n) is 6.97. The van der Waals surface area contributed by atoms with Crippen molar-refractivity contribution in [3.05, 3.63) is 94.0 Å². The van der Waals surface area contributed by atoms with E-state index in [1.165, 1.54) is 37.4 Å². The Balaban J connectivity index is 1.71. The third-order valence-electron chi connectivity index (χ3n) is 4.75. The van der Waals surface area contributed by atoms with E-state index in [9.17, 15) is 18.5 Å². The second-order valence-corrected chi connectivity index (χ2v) is 9.86. The highest BCUT2D eigenvalue weighted by Crippen LogP contribution is 2.31. The lowest BCUT2D eigenvalue weighted by Crippen LogP contribution is -2.34. The number of rotatable bonds is 7. The number of anilines is 1. The lowest BCUT2D eigenvalue weighted by molar-refractivity contribution is -0.116. The Labute approximate surface area is 197 Å². The summed E-state index contributed by atoms with van der Waals surface area (Å²) in [6.45, 7) is -0.394. The number of benzene rings is 3. The SMILES string of the molecule is CN(CC(=O)Nc1ccc(C(C#N)c2ccccc2)c(Cl)c1)S(=O)(=O)c1ccc(Cl)cc1. The Morgan fingerprint density at radius 1 is 1.06 bits per heavy atom. The third kappa shape index (κ3) is 5.47. The predicted octanol–water partition coefficient (Wildman–Crippen LogP) is 4.91. The molecule has 0 aliphatic heterocycles. The van der Waals surface area contributed by atoms with Gasteiger partial charge in [-0.1, -0.05) is 59.6 Å². The van der Waals surface area contributed by atoms with Gasteiger partial charge in [0, 0.05) is 22.8 Å². The van der Waals surface area contributed by atoms with Gasteiger partial charge in [-0.15, -0.1) is 0 Å². The molecule has 1 N–H and O–H groups in total. The smallest absolute Gasteiger partial charge is 0.243 e. The summed E-state index contributed by atoms with van der Waals surface area (Å²) in [5, 5.41) is 13.0. The number of amides is 1. The van der Waals surface area contributed by atoms with Crippen molar-refractivity contribution in [2.45, 2.75) is 10.8 Å². The minimum atomic E-state index is -3.85. The molecule has 0 radical (unpaired) electrons. The van der Waals surface area contributed by atoms with Gasteiger partial charge >= 0.3 is 0 Å². The van der Waals surface area contributed by atoms with Crippen LogP contribution in [0.1, 0.15) is 17.0 Å². The molecule has 0 heterocycles. The summed E-state index contributed by atoms with van der Waals surface area (Å²) in [4.78, 5) is 12.5. The summed E-state index contributed by atoms with van der Waals surface area (Å²) in [5.74, 6) is -1.09. The zero-order chi connectivity index (χ0) is 23.3. The standard InChI is InChI=1S/C23H19Cl2N3O3S/c1-28(32(30,31)19-10-7-17(24)8-11-19)15-23(29)27-18-9-12-20(22(25)13-18)21(14-26)16-5-3-2-4-6-16/h2-13,21H,15H2,1H3,(H,27,29). The largest absolute Gasteiger partial charge is 0.325 e. The van der Waals surface area contributed by atoms with E-state index < -0.39 is 28.4 Å². The van der Waals surface area contributed by atoms with E-state index in [0.29, 0.717) is 21.3 Å². The third-order valence-corrected chi connectivity index (χ3v) is 7.14. The maximum atomic E-state index is 12.6. The molecule has 0 aliphatic rings. The highest BCUT2D eigenvalue weighted by atomic mass is 35.5. The monoisotopic (exact) mass is 487 g/mol. The normalized spacial score (nSPS) is 12.2. The number of carbonyl (C=O) groups is 1. The first kappa shape index (κ1) is 23.8. The number of nitriles is 1. The molecule has 6 nitrogen and oxygen atoms in total. The molecular weight excluding hydrogens is 469 g/mol. The van der Waals surface area contributed by atoms with Crippen molar-refractivity contribution in [3.63, 3.8) is 0 Å². The molecule has 0 bridgehead atoms. The first-order valence-electron chi connectivity index (χ1n) is 9.48. The zero-order valence-corrected chi connectivity index (χ0v) is 19.3. The van der Waals surface area contributed by atoms with Gasteiger partial charge in [-0.25, -0.2) is 8.42 Å². The second kappa shape index (κ2) is 10.2. The van der Waals surface area contributed by atoms with Crippen LogP contribution in [-0.2, 0) is 14.8 Å². The van der Waals surface area contributed by atoms with E-state index in [2.05, 4.69) is 11.4 Å². The van der Waals surface area contributed by atoms with Crippen molar-refractivity contribution in [1.82, 2.24) is 4.31 Å². The number of sulfonamides is 1. The van der Waals surface area contributed by atoms with Gasteiger partial charge < -0.3 is 5.32 Å². The van der Waals surface area contributed by atoms with Gasteiger partial charge in [-0.3, -0.25) is 4.79 Å². The molecule has 0 aliphatic carbocycles. The fourth-order valence-corrected chi connectivity index (χ4v) is 4.63. The van der Waals surface area contributed by atoms with Crippen LogP contribution in [0.4, 0.5) is 5.69 Å². The summed E-state index contributed by atoms with van der Waals surface area (Å²) >= 11 is 12.2. The molecule has 1 unspecified atom stereocenters. The molecule has 3 aromatic carbocycles. The van der Waals surface area contributed by atoms with Crippen LogP contribution in [0.3, 0.4) is 0 Å². The minimum Gasteiger partial charge on any atom is -0.325 e. The molecule has 0 spiro atoms. The highest BCUT2D eigenvalue weighted by molar-refractivity contribution is 7.89. The molecule has 0 saturated carbocycles. The average molecular weight is 488 g/mol. The van der Waals surface area contributed by atoms with Gasteiger partial charge in [-0.2, -0.15) is 9.57 Å². The summed E-state index contributed by atoms with van der Waals surface area (Å²) in [5.41, 5.74) is 1.81. The molecule has 0 fully saturated rings. The Morgan fingerprint density at radius 2 is 1.72 bits per heavy atom. The van der Waals surface area contributed by atoms with Gasteiger partial charge in [0.1, 0.15) is 0 Å². The van der Waals surface area contributed by atoms with E-state index in [-0.39, 0.29) is 4.90 Å². The van der Waals surface area contributed by atoms with Crippen molar-refractivity contribution in [2.75, 3.05) is 18.9 Å². The Hall–Kier alpha value is -2.89. The number of likely N-dealkylation sites (N-methyl/N-ethyl adjacent to an activating group) is 1. The average Bonchev–Trinajstić information content (AvgIpc) is 2.76. The first-order valence-corrected chi connectivity index (χ1v) is 11.7. The molecule has 3 aromatic rings. The number of nitrogens with zero attached hydrogens (tertiary/aromatic N) is 2. The lowest BCUT2D eigenvalue weighted by atomic mass is 9.92. The topological polar surface area (TPSA) is 90.3 Å².